The van der Waals surface area contributed by atoms with Crippen molar-refractivity contribution in [3.63, 3.8) is 0 Å². The molecular formula is C20H31N7O7. The summed E-state index contributed by atoms with van der Waals surface area (Å²) in [6.07, 6.45) is 0.338. The van der Waals surface area contributed by atoms with E-state index in [2.05, 4.69) is 20.9 Å². The number of carbonyl (C=O) groups excluding carboxylic acids is 3. The van der Waals surface area contributed by atoms with Crippen molar-refractivity contribution in [3.05, 3.63) is 29.8 Å². The molecule has 1 aromatic rings. The number of aliphatic carboxylic acids is 1. The van der Waals surface area contributed by atoms with E-state index in [1.807, 2.05) is 0 Å². The number of guanidine groups is 1. The number of amides is 3. The van der Waals surface area contributed by atoms with Crippen LogP contribution >= 0.6 is 0 Å². The van der Waals surface area contributed by atoms with Gasteiger partial charge in [0.1, 0.15) is 30.4 Å². The number of aliphatic hydroxyl groups excluding tert-OH is 1. The molecule has 0 fully saturated rings. The van der Waals surface area contributed by atoms with E-state index in [1.165, 1.54) is 12.1 Å². The fourth-order valence-electron chi connectivity index (χ4n) is 2.77. The Kier molecular flexibility index (Phi) is 11.8. The van der Waals surface area contributed by atoms with Crippen LogP contribution in [0.1, 0.15) is 18.4 Å². The van der Waals surface area contributed by atoms with Gasteiger partial charge >= 0.3 is 5.97 Å². The first-order chi connectivity index (χ1) is 16.0. The maximum atomic E-state index is 13.0. The molecule has 0 saturated heterocycles. The Morgan fingerprint density at radius 3 is 2.15 bits per heavy atom. The van der Waals surface area contributed by atoms with Crippen LogP contribution in [0.15, 0.2) is 29.3 Å². The highest BCUT2D eigenvalue weighted by Crippen LogP contribution is 2.12. The summed E-state index contributed by atoms with van der Waals surface area (Å²) >= 11 is 0. The van der Waals surface area contributed by atoms with Gasteiger partial charge in [-0.05, 0) is 30.5 Å². The summed E-state index contributed by atoms with van der Waals surface area (Å²) < 4.78 is 0. The molecule has 0 spiro atoms. The molecule has 1 rings (SSSR count). The molecule has 0 radical (unpaired) electrons. The van der Waals surface area contributed by atoms with Crippen molar-refractivity contribution in [2.45, 2.75) is 37.4 Å². The molecule has 1 aromatic carbocycles. The number of carboxylic acids is 1. The third-order valence-corrected chi connectivity index (χ3v) is 4.53. The third-order valence-electron chi connectivity index (χ3n) is 4.53. The number of nitrogens with one attached hydrogen (secondary N) is 3. The van der Waals surface area contributed by atoms with Crippen LogP contribution < -0.4 is 33.2 Å². The van der Waals surface area contributed by atoms with Crippen LogP contribution in [-0.4, -0.2) is 82.8 Å². The highest BCUT2D eigenvalue weighted by atomic mass is 16.4. The van der Waals surface area contributed by atoms with Crippen LogP contribution in [0.25, 0.3) is 0 Å². The Hall–Kier alpha value is -3.91. The molecule has 3 unspecified atom stereocenters. The average molecular weight is 482 g/mol. The Balaban J connectivity index is 3.02. The highest BCUT2D eigenvalue weighted by Gasteiger charge is 2.28. The predicted octanol–water partition coefficient (Wildman–Crippen LogP) is -3.52. The van der Waals surface area contributed by atoms with E-state index in [4.69, 9.17) is 27.4 Å². The van der Waals surface area contributed by atoms with Gasteiger partial charge in [-0.1, -0.05) is 12.1 Å². The van der Waals surface area contributed by atoms with Gasteiger partial charge in [0.05, 0.1) is 6.61 Å². The Morgan fingerprint density at radius 1 is 0.971 bits per heavy atom. The summed E-state index contributed by atoms with van der Waals surface area (Å²) in [6.45, 7) is -1.14. The normalized spacial score (nSPS) is 13.1. The number of aliphatic imine (C=N–C) groups is 1. The van der Waals surface area contributed by atoms with Crippen LogP contribution in [-0.2, 0) is 25.6 Å². The van der Waals surface area contributed by atoms with E-state index in [0.717, 1.165) is 0 Å². The average Bonchev–Trinajstić information content (AvgIpc) is 2.79. The highest BCUT2D eigenvalue weighted by molar-refractivity contribution is 5.93. The van der Waals surface area contributed by atoms with Crippen LogP contribution in [0.3, 0.4) is 0 Å². The molecule has 0 aliphatic heterocycles. The number of aromatic hydroxyl groups is 1. The first-order valence-electron chi connectivity index (χ1n) is 10.3. The molecular weight excluding hydrogens is 450 g/mol. The fourth-order valence-corrected chi connectivity index (χ4v) is 2.77. The molecule has 3 amide bonds. The van der Waals surface area contributed by atoms with Gasteiger partial charge < -0.3 is 48.5 Å². The molecule has 0 aliphatic rings. The standard InChI is InChI=1S/C20H31N7O7/c21-13(10-28)17(32)27-15(8-11-3-5-12(29)6-4-11)19(34)26-14(2-1-7-24-20(22)23)18(33)25-9-16(30)31/h3-6,13-15,28-29H,1-2,7-10,21H2,(H,25,33)(H,26,34)(H,27,32)(H,30,31)(H4,22,23,24). The van der Waals surface area contributed by atoms with Crippen molar-refractivity contribution >= 4 is 29.7 Å². The van der Waals surface area contributed by atoms with Gasteiger partial charge in [-0.2, -0.15) is 0 Å². The summed E-state index contributed by atoms with van der Waals surface area (Å²) in [5.74, 6) is -3.69. The first kappa shape index (κ1) is 28.1. The molecule has 0 saturated carbocycles. The lowest BCUT2D eigenvalue weighted by atomic mass is 10.0. The maximum absolute atomic E-state index is 13.0. The SMILES string of the molecule is NC(N)=NCCCC(NC(=O)C(Cc1ccc(O)cc1)NC(=O)C(N)CO)C(=O)NCC(=O)O. The minimum atomic E-state index is -1.27. The summed E-state index contributed by atoms with van der Waals surface area (Å²) in [7, 11) is 0. The maximum Gasteiger partial charge on any atom is 0.322 e. The van der Waals surface area contributed by atoms with Crippen LogP contribution in [0.4, 0.5) is 0 Å². The molecule has 12 N–H and O–H groups in total. The van der Waals surface area contributed by atoms with E-state index < -0.39 is 55.0 Å². The van der Waals surface area contributed by atoms with E-state index >= 15 is 0 Å². The molecule has 0 heterocycles. The largest absolute Gasteiger partial charge is 0.508 e. The van der Waals surface area contributed by atoms with E-state index in [9.17, 15) is 24.3 Å². The molecule has 3 atom stereocenters. The van der Waals surface area contributed by atoms with Crippen LogP contribution in [0, 0.1) is 0 Å². The Labute approximate surface area is 195 Å². The van der Waals surface area contributed by atoms with Crippen molar-refractivity contribution in [2.24, 2.45) is 22.2 Å². The van der Waals surface area contributed by atoms with E-state index in [-0.39, 0.29) is 37.5 Å². The fraction of sp³-hybridized carbons (Fsp3) is 0.450. The quantitative estimate of drug-likeness (QED) is 0.0718. The summed E-state index contributed by atoms with van der Waals surface area (Å²) in [5.41, 5.74) is 16.6. The van der Waals surface area contributed by atoms with Gasteiger partial charge in [0.15, 0.2) is 5.96 Å². The second kappa shape index (κ2) is 14.3. The lowest BCUT2D eigenvalue weighted by Gasteiger charge is -2.24. The number of aliphatic hydroxyl groups is 1. The molecule has 188 valence electrons. The number of carboxylic acid groups (broad SMARTS) is 1. The van der Waals surface area contributed by atoms with Gasteiger partial charge in [0.25, 0.3) is 0 Å². The Morgan fingerprint density at radius 2 is 1.59 bits per heavy atom. The summed E-state index contributed by atoms with van der Waals surface area (Å²) in [5, 5.41) is 34.5. The van der Waals surface area contributed by atoms with Gasteiger partial charge in [-0.3, -0.25) is 24.2 Å². The lowest BCUT2D eigenvalue weighted by Crippen LogP contribution is -2.57. The number of phenols is 1. The summed E-state index contributed by atoms with van der Waals surface area (Å²) in [6, 6.07) is 2.27. The number of nitrogens with two attached hydrogens (primary N) is 3. The zero-order valence-electron chi connectivity index (χ0n) is 18.4. The number of hydrogen-bond acceptors (Lipinski definition) is 8. The number of nitrogens with zero attached hydrogens (tertiary/aromatic N) is 1. The second-order valence-corrected chi connectivity index (χ2v) is 7.34. The lowest BCUT2D eigenvalue weighted by molar-refractivity contribution is -0.138. The third kappa shape index (κ3) is 10.6. The van der Waals surface area contributed by atoms with Crippen molar-refractivity contribution in [1.82, 2.24) is 16.0 Å². The minimum Gasteiger partial charge on any atom is -0.508 e. The smallest absolute Gasteiger partial charge is 0.322 e. The van der Waals surface area contributed by atoms with Crippen molar-refractivity contribution in [3.8, 4) is 5.75 Å². The monoisotopic (exact) mass is 481 g/mol. The zero-order chi connectivity index (χ0) is 25.7. The number of benzene rings is 1. The second-order valence-electron chi connectivity index (χ2n) is 7.34. The molecule has 14 nitrogen and oxygen atoms in total. The summed E-state index contributed by atoms with van der Waals surface area (Å²) in [4.78, 5) is 52.3. The number of hydrogen-bond donors (Lipinski definition) is 9. The zero-order valence-corrected chi connectivity index (χ0v) is 18.4. The predicted molar refractivity (Wildman–Crippen MR) is 121 cm³/mol. The number of carbonyl (C=O) groups is 4. The Bertz CT molecular complexity index is 873. The van der Waals surface area contributed by atoms with Crippen molar-refractivity contribution in [2.75, 3.05) is 19.7 Å². The van der Waals surface area contributed by atoms with Crippen LogP contribution in [0.5, 0.6) is 5.75 Å². The van der Waals surface area contributed by atoms with Gasteiger partial charge in [-0.15, -0.1) is 0 Å². The van der Waals surface area contributed by atoms with Crippen LogP contribution in [0.2, 0.25) is 0 Å². The van der Waals surface area contributed by atoms with E-state index in [1.54, 1.807) is 12.1 Å². The minimum absolute atomic E-state index is 0.00651. The molecule has 0 bridgehead atoms. The first-order valence-corrected chi connectivity index (χ1v) is 10.3. The number of rotatable bonds is 14. The molecule has 14 heteroatoms. The van der Waals surface area contributed by atoms with E-state index in [0.29, 0.717) is 5.56 Å². The van der Waals surface area contributed by atoms with Crippen molar-refractivity contribution < 1.29 is 34.5 Å². The van der Waals surface area contributed by atoms with Gasteiger partial charge in [-0.25, -0.2) is 0 Å². The molecule has 0 aromatic heterocycles. The van der Waals surface area contributed by atoms with Gasteiger partial charge in [0.2, 0.25) is 17.7 Å². The van der Waals surface area contributed by atoms with Gasteiger partial charge in [0, 0.05) is 13.0 Å². The number of phenolic OH excluding ortho intramolecular Hbond substituents is 1. The molecule has 0 aliphatic carbocycles. The van der Waals surface area contributed by atoms with Crippen molar-refractivity contribution in [1.29, 1.82) is 0 Å². The molecule has 34 heavy (non-hydrogen) atoms. The topological polar surface area (TPSA) is 255 Å².